The first-order chi connectivity index (χ1) is 5.26. The molecule has 0 aromatic rings. The molecule has 0 saturated heterocycles. The van der Waals surface area contributed by atoms with Crippen molar-refractivity contribution in [2.75, 3.05) is 5.88 Å². The molecular formula is C9H13ClO. The molecule has 0 aromatic carbocycles. The molecule has 0 aliphatic carbocycles. The molecular weight excluding hydrogens is 160 g/mol. The van der Waals surface area contributed by atoms with Gasteiger partial charge in [0, 0.05) is 5.57 Å². The van der Waals surface area contributed by atoms with Gasteiger partial charge in [0.15, 0.2) is 5.78 Å². The standard InChI is InChI=1S/C9H13ClO/c1-3-5-8(6-4-2)9(11)7-10/h3,5-6H,4,7H2,1-2H3/b5-3-,8-6+. The third-order valence-electron chi connectivity index (χ3n) is 1.21. The molecule has 0 unspecified atom stereocenters. The summed E-state index contributed by atoms with van der Waals surface area (Å²) in [7, 11) is 0. The highest BCUT2D eigenvalue weighted by molar-refractivity contribution is 6.30. The minimum absolute atomic E-state index is 0.00776. The minimum Gasteiger partial charge on any atom is -0.293 e. The van der Waals surface area contributed by atoms with Gasteiger partial charge in [0.2, 0.25) is 0 Å². The highest BCUT2D eigenvalue weighted by Gasteiger charge is 2.01. The van der Waals surface area contributed by atoms with Crippen LogP contribution >= 0.6 is 11.6 Å². The average Bonchev–Trinajstić information content (AvgIpc) is 2.03. The summed E-state index contributed by atoms with van der Waals surface area (Å²) in [6.07, 6.45) is 6.37. The Labute approximate surface area is 72.7 Å². The predicted molar refractivity (Wildman–Crippen MR) is 48.9 cm³/mol. The molecule has 0 fully saturated rings. The number of halogens is 1. The zero-order valence-corrected chi connectivity index (χ0v) is 7.69. The smallest absolute Gasteiger partial charge is 0.177 e. The largest absolute Gasteiger partial charge is 0.293 e. The Hall–Kier alpha value is -0.560. The topological polar surface area (TPSA) is 17.1 Å². The predicted octanol–water partition coefficient (Wildman–Crippen LogP) is 2.71. The van der Waals surface area contributed by atoms with E-state index in [0.717, 1.165) is 6.42 Å². The fraction of sp³-hybridized carbons (Fsp3) is 0.444. The molecule has 0 heterocycles. The van der Waals surface area contributed by atoms with Gasteiger partial charge in [-0.1, -0.05) is 25.2 Å². The van der Waals surface area contributed by atoms with E-state index < -0.39 is 0 Å². The summed E-state index contributed by atoms with van der Waals surface area (Å²) in [6, 6.07) is 0. The van der Waals surface area contributed by atoms with Gasteiger partial charge in [0.25, 0.3) is 0 Å². The maximum Gasteiger partial charge on any atom is 0.177 e. The first-order valence-electron chi connectivity index (χ1n) is 3.68. The number of Topliss-reactive ketones (excluding diaryl/α,β-unsaturated/α-hetero) is 1. The van der Waals surface area contributed by atoms with Gasteiger partial charge in [-0.25, -0.2) is 0 Å². The Morgan fingerprint density at radius 2 is 2.18 bits per heavy atom. The van der Waals surface area contributed by atoms with Gasteiger partial charge < -0.3 is 0 Å². The van der Waals surface area contributed by atoms with Gasteiger partial charge >= 0.3 is 0 Å². The van der Waals surface area contributed by atoms with Crippen LogP contribution < -0.4 is 0 Å². The first-order valence-corrected chi connectivity index (χ1v) is 4.21. The number of rotatable bonds is 4. The maximum absolute atomic E-state index is 11.0. The Balaban J connectivity index is 4.34. The van der Waals surface area contributed by atoms with Crippen molar-refractivity contribution in [3.8, 4) is 0 Å². The number of hydrogen-bond acceptors (Lipinski definition) is 1. The fourth-order valence-electron chi connectivity index (χ4n) is 0.751. The lowest BCUT2D eigenvalue weighted by molar-refractivity contribution is -0.113. The highest BCUT2D eigenvalue weighted by Crippen LogP contribution is 2.02. The van der Waals surface area contributed by atoms with Crippen LogP contribution in [0.25, 0.3) is 0 Å². The molecule has 11 heavy (non-hydrogen) atoms. The quantitative estimate of drug-likeness (QED) is 0.362. The SMILES string of the molecule is C/C=C\C(=C/CC)C(=O)CCl. The number of hydrogen-bond donors (Lipinski definition) is 0. The van der Waals surface area contributed by atoms with Crippen LogP contribution in [-0.4, -0.2) is 11.7 Å². The monoisotopic (exact) mass is 172 g/mol. The summed E-state index contributed by atoms with van der Waals surface area (Å²) < 4.78 is 0. The molecule has 0 atom stereocenters. The van der Waals surface area contributed by atoms with E-state index in [-0.39, 0.29) is 11.7 Å². The van der Waals surface area contributed by atoms with E-state index in [4.69, 9.17) is 11.6 Å². The van der Waals surface area contributed by atoms with E-state index in [0.29, 0.717) is 5.57 Å². The van der Waals surface area contributed by atoms with Crippen molar-refractivity contribution >= 4 is 17.4 Å². The normalized spacial score (nSPS) is 12.5. The van der Waals surface area contributed by atoms with Gasteiger partial charge in [-0.3, -0.25) is 4.79 Å². The Morgan fingerprint density at radius 3 is 2.55 bits per heavy atom. The number of carbonyl (C=O) groups excluding carboxylic acids is 1. The summed E-state index contributed by atoms with van der Waals surface area (Å²) in [5.41, 5.74) is 0.713. The molecule has 0 amide bonds. The van der Waals surface area contributed by atoms with Crippen LogP contribution in [0.4, 0.5) is 0 Å². The first kappa shape index (κ1) is 10.4. The molecule has 0 bridgehead atoms. The molecule has 0 radical (unpaired) electrons. The van der Waals surface area contributed by atoms with E-state index in [1.807, 2.05) is 26.0 Å². The zero-order valence-electron chi connectivity index (χ0n) is 6.93. The number of alkyl halides is 1. The Bertz CT molecular complexity index is 180. The summed E-state index contributed by atoms with van der Waals surface area (Å²) >= 11 is 5.39. The average molecular weight is 173 g/mol. The van der Waals surface area contributed by atoms with E-state index in [1.165, 1.54) is 0 Å². The summed E-state index contributed by atoms with van der Waals surface area (Å²) in [4.78, 5) is 11.0. The fourth-order valence-corrected chi connectivity index (χ4v) is 0.906. The van der Waals surface area contributed by atoms with E-state index in [2.05, 4.69) is 0 Å². The maximum atomic E-state index is 11.0. The van der Waals surface area contributed by atoms with Crippen molar-refractivity contribution in [2.45, 2.75) is 20.3 Å². The van der Waals surface area contributed by atoms with Crippen molar-refractivity contribution < 1.29 is 4.79 Å². The van der Waals surface area contributed by atoms with Crippen molar-refractivity contribution in [3.05, 3.63) is 23.8 Å². The van der Waals surface area contributed by atoms with Gasteiger partial charge in [0.1, 0.15) is 0 Å². The molecule has 0 spiro atoms. The van der Waals surface area contributed by atoms with E-state index >= 15 is 0 Å². The molecule has 0 N–H and O–H groups in total. The van der Waals surface area contributed by atoms with Crippen LogP contribution in [0.3, 0.4) is 0 Å². The van der Waals surface area contributed by atoms with Crippen molar-refractivity contribution in [3.63, 3.8) is 0 Å². The Morgan fingerprint density at radius 1 is 1.55 bits per heavy atom. The second-order valence-electron chi connectivity index (χ2n) is 2.12. The van der Waals surface area contributed by atoms with Crippen LogP contribution in [0.1, 0.15) is 20.3 Å². The Kier molecular flexibility index (Phi) is 5.86. The number of carbonyl (C=O) groups is 1. The lowest BCUT2D eigenvalue weighted by Crippen LogP contribution is -2.01. The van der Waals surface area contributed by atoms with Crippen molar-refractivity contribution in [2.24, 2.45) is 0 Å². The summed E-state index contributed by atoms with van der Waals surface area (Å²) in [5.74, 6) is 0.0579. The van der Waals surface area contributed by atoms with Crippen LogP contribution in [0, 0.1) is 0 Å². The van der Waals surface area contributed by atoms with E-state index in [9.17, 15) is 4.79 Å². The minimum atomic E-state index is -0.00776. The van der Waals surface area contributed by atoms with E-state index in [1.54, 1.807) is 6.08 Å². The third-order valence-corrected chi connectivity index (χ3v) is 1.46. The van der Waals surface area contributed by atoms with Gasteiger partial charge in [-0.15, -0.1) is 11.6 Å². The lowest BCUT2D eigenvalue weighted by Gasteiger charge is -1.95. The molecule has 0 rings (SSSR count). The zero-order chi connectivity index (χ0) is 8.69. The van der Waals surface area contributed by atoms with Gasteiger partial charge in [-0.2, -0.15) is 0 Å². The second-order valence-corrected chi connectivity index (χ2v) is 2.39. The molecule has 0 aliphatic rings. The highest BCUT2D eigenvalue weighted by atomic mass is 35.5. The molecule has 0 saturated carbocycles. The molecule has 2 heteroatoms. The van der Waals surface area contributed by atoms with Crippen molar-refractivity contribution in [1.82, 2.24) is 0 Å². The third kappa shape index (κ3) is 3.99. The summed E-state index contributed by atoms with van der Waals surface area (Å²) in [5, 5.41) is 0. The number of allylic oxidation sites excluding steroid dienone is 4. The summed E-state index contributed by atoms with van der Waals surface area (Å²) in [6.45, 7) is 3.87. The lowest BCUT2D eigenvalue weighted by atomic mass is 10.1. The van der Waals surface area contributed by atoms with Crippen LogP contribution in [0.2, 0.25) is 0 Å². The molecule has 1 nitrogen and oxygen atoms in total. The number of ketones is 1. The van der Waals surface area contributed by atoms with Crippen LogP contribution in [0.15, 0.2) is 23.8 Å². The van der Waals surface area contributed by atoms with Crippen LogP contribution in [0.5, 0.6) is 0 Å². The molecule has 0 aliphatic heterocycles. The second kappa shape index (κ2) is 6.17. The van der Waals surface area contributed by atoms with Crippen molar-refractivity contribution in [1.29, 1.82) is 0 Å². The molecule has 62 valence electrons. The van der Waals surface area contributed by atoms with Crippen LogP contribution in [-0.2, 0) is 4.79 Å². The van der Waals surface area contributed by atoms with Gasteiger partial charge in [0.05, 0.1) is 5.88 Å². The van der Waals surface area contributed by atoms with Gasteiger partial charge in [-0.05, 0) is 13.3 Å². The molecule has 0 aromatic heterocycles.